The van der Waals surface area contributed by atoms with E-state index < -0.39 is 5.54 Å². The summed E-state index contributed by atoms with van der Waals surface area (Å²) in [6, 6.07) is 0. The highest BCUT2D eigenvalue weighted by molar-refractivity contribution is 7.98. The number of amides is 1. The maximum Gasteiger partial charge on any atom is 0.221 e. The van der Waals surface area contributed by atoms with Crippen molar-refractivity contribution >= 4 is 34.9 Å². The third-order valence-electron chi connectivity index (χ3n) is 3.92. The second kappa shape index (κ2) is 7.34. The minimum Gasteiger partial charge on any atom is -0.391 e. The molecule has 0 aromatic rings. The van der Waals surface area contributed by atoms with Crippen LogP contribution in [0.15, 0.2) is 0 Å². The molecule has 0 aromatic heterocycles. The van der Waals surface area contributed by atoms with Crippen molar-refractivity contribution in [2.24, 2.45) is 11.7 Å². The molecule has 1 rings (SSSR count). The molecule has 0 unspecified atom stereocenters. The van der Waals surface area contributed by atoms with Gasteiger partial charge in [-0.05, 0) is 37.9 Å². The maximum absolute atomic E-state index is 11.9. The summed E-state index contributed by atoms with van der Waals surface area (Å²) in [6.45, 7) is 2.22. The molecular formula is C13H24N2OS2. The van der Waals surface area contributed by atoms with E-state index in [1.54, 1.807) is 11.8 Å². The standard InChI is InChI=1S/C13H24N2OS2/c1-3-10-4-7-13(8-5-10,12(14)17)15-11(16)6-9-18-2/h10H,3-9H2,1-2H3,(H2,14,17)(H,15,16). The van der Waals surface area contributed by atoms with Crippen molar-refractivity contribution in [2.75, 3.05) is 12.0 Å². The van der Waals surface area contributed by atoms with Crippen molar-refractivity contribution in [1.82, 2.24) is 5.32 Å². The first-order valence-electron chi connectivity index (χ1n) is 6.64. The van der Waals surface area contributed by atoms with Gasteiger partial charge in [0, 0.05) is 12.2 Å². The molecular weight excluding hydrogens is 264 g/mol. The number of rotatable bonds is 6. The molecule has 1 aliphatic rings. The summed E-state index contributed by atoms with van der Waals surface area (Å²) in [5.41, 5.74) is 5.46. The Morgan fingerprint density at radius 2 is 2.11 bits per heavy atom. The summed E-state index contributed by atoms with van der Waals surface area (Å²) in [5, 5.41) is 3.09. The first kappa shape index (κ1) is 15.8. The molecule has 0 radical (unpaired) electrons. The lowest BCUT2D eigenvalue weighted by Gasteiger charge is -2.40. The van der Waals surface area contributed by atoms with E-state index in [0.29, 0.717) is 11.4 Å². The Morgan fingerprint density at radius 3 is 2.56 bits per heavy atom. The monoisotopic (exact) mass is 288 g/mol. The van der Waals surface area contributed by atoms with E-state index in [2.05, 4.69) is 12.2 Å². The number of hydrogen-bond donors (Lipinski definition) is 2. The fraction of sp³-hybridized carbons (Fsp3) is 0.846. The minimum absolute atomic E-state index is 0.0760. The van der Waals surface area contributed by atoms with Crippen LogP contribution in [0, 0.1) is 5.92 Å². The molecule has 1 saturated carbocycles. The van der Waals surface area contributed by atoms with Crippen LogP contribution in [-0.4, -0.2) is 28.4 Å². The highest BCUT2D eigenvalue weighted by Gasteiger charge is 2.38. The van der Waals surface area contributed by atoms with Gasteiger partial charge in [-0.25, -0.2) is 0 Å². The van der Waals surface area contributed by atoms with Gasteiger partial charge in [0.05, 0.1) is 10.5 Å². The quantitative estimate of drug-likeness (QED) is 0.737. The average molecular weight is 288 g/mol. The van der Waals surface area contributed by atoms with Crippen LogP contribution in [0.2, 0.25) is 0 Å². The molecule has 0 bridgehead atoms. The van der Waals surface area contributed by atoms with Crippen LogP contribution in [0.5, 0.6) is 0 Å². The molecule has 3 N–H and O–H groups in total. The number of carbonyl (C=O) groups is 1. The molecule has 104 valence electrons. The summed E-state index contributed by atoms with van der Waals surface area (Å²) in [4.78, 5) is 12.3. The van der Waals surface area contributed by atoms with Gasteiger partial charge in [-0.1, -0.05) is 25.6 Å². The fourth-order valence-electron chi connectivity index (χ4n) is 2.54. The third kappa shape index (κ3) is 4.12. The molecule has 0 atom stereocenters. The van der Waals surface area contributed by atoms with Crippen LogP contribution >= 0.6 is 24.0 Å². The summed E-state index contributed by atoms with van der Waals surface area (Å²) in [7, 11) is 0. The SMILES string of the molecule is CCC1CCC(NC(=O)CCSC)(C(N)=S)CC1. The van der Waals surface area contributed by atoms with Crippen molar-refractivity contribution in [2.45, 2.75) is 51.0 Å². The number of thiocarbonyl (C=S) groups is 1. The Balaban J connectivity index is 2.60. The number of carbonyl (C=O) groups excluding carboxylic acids is 1. The number of hydrogen-bond acceptors (Lipinski definition) is 3. The Hall–Kier alpha value is -0.290. The molecule has 3 nitrogen and oxygen atoms in total. The minimum atomic E-state index is -0.420. The van der Waals surface area contributed by atoms with Crippen molar-refractivity contribution < 1.29 is 4.79 Å². The van der Waals surface area contributed by atoms with E-state index in [1.165, 1.54) is 6.42 Å². The number of thioether (sulfide) groups is 1. The molecule has 18 heavy (non-hydrogen) atoms. The van der Waals surface area contributed by atoms with Crippen LogP contribution in [0.25, 0.3) is 0 Å². The molecule has 0 aliphatic heterocycles. The molecule has 5 heteroatoms. The molecule has 0 heterocycles. The normalized spacial score (nSPS) is 27.8. The molecule has 1 aliphatic carbocycles. The number of nitrogens with one attached hydrogen (secondary N) is 1. The lowest BCUT2D eigenvalue weighted by molar-refractivity contribution is -0.122. The highest BCUT2D eigenvalue weighted by atomic mass is 32.2. The first-order chi connectivity index (χ1) is 8.54. The van der Waals surface area contributed by atoms with E-state index in [4.69, 9.17) is 18.0 Å². The van der Waals surface area contributed by atoms with E-state index in [-0.39, 0.29) is 5.91 Å². The lowest BCUT2D eigenvalue weighted by Crippen LogP contribution is -2.58. The summed E-state index contributed by atoms with van der Waals surface area (Å²) in [5.74, 6) is 1.68. The third-order valence-corrected chi connectivity index (χ3v) is 4.92. The van der Waals surface area contributed by atoms with Gasteiger partial charge < -0.3 is 11.1 Å². The van der Waals surface area contributed by atoms with E-state index >= 15 is 0 Å². The Morgan fingerprint density at radius 1 is 1.50 bits per heavy atom. The van der Waals surface area contributed by atoms with Gasteiger partial charge in [-0.3, -0.25) is 4.79 Å². The van der Waals surface area contributed by atoms with Gasteiger partial charge in [0.1, 0.15) is 0 Å². The smallest absolute Gasteiger partial charge is 0.221 e. The van der Waals surface area contributed by atoms with Crippen molar-refractivity contribution in [3.63, 3.8) is 0 Å². The Bertz CT molecular complexity index is 299. The van der Waals surface area contributed by atoms with Crippen LogP contribution in [0.3, 0.4) is 0 Å². The zero-order chi connectivity index (χ0) is 13.6. The van der Waals surface area contributed by atoms with Crippen LogP contribution in [-0.2, 0) is 4.79 Å². The topological polar surface area (TPSA) is 55.1 Å². The zero-order valence-electron chi connectivity index (χ0n) is 11.3. The predicted octanol–water partition coefficient (Wildman–Crippen LogP) is 2.48. The van der Waals surface area contributed by atoms with E-state index in [9.17, 15) is 4.79 Å². The van der Waals surface area contributed by atoms with Gasteiger partial charge in [0.2, 0.25) is 5.91 Å². The molecule has 1 fully saturated rings. The summed E-state index contributed by atoms with van der Waals surface area (Å²) < 4.78 is 0. The second-order valence-electron chi connectivity index (χ2n) is 5.09. The van der Waals surface area contributed by atoms with Gasteiger partial charge in [-0.15, -0.1) is 0 Å². The Labute approximate surface area is 120 Å². The van der Waals surface area contributed by atoms with Gasteiger partial charge in [0.15, 0.2) is 0 Å². The summed E-state index contributed by atoms with van der Waals surface area (Å²) in [6.07, 6.45) is 7.75. The van der Waals surface area contributed by atoms with Gasteiger partial charge in [0.25, 0.3) is 0 Å². The van der Waals surface area contributed by atoms with Crippen LogP contribution < -0.4 is 11.1 Å². The summed E-state index contributed by atoms with van der Waals surface area (Å²) >= 11 is 6.87. The number of nitrogens with two attached hydrogens (primary N) is 1. The van der Waals surface area contributed by atoms with E-state index in [1.807, 2.05) is 6.26 Å². The molecule has 0 spiro atoms. The predicted molar refractivity (Wildman–Crippen MR) is 82.9 cm³/mol. The fourth-order valence-corrected chi connectivity index (χ4v) is 3.18. The second-order valence-corrected chi connectivity index (χ2v) is 6.51. The molecule has 0 saturated heterocycles. The van der Waals surface area contributed by atoms with Crippen molar-refractivity contribution in [3.05, 3.63) is 0 Å². The maximum atomic E-state index is 11.9. The highest BCUT2D eigenvalue weighted by Crippen LogP contribution is 2.34. The zero-order valence-corrected chi connectivity index (χ0v) is 13.0. The first-order valence-corrected chi connectivity index (χ1v) is 8.44. The van der Waals surface area contributed by atoms with Crippen LogP contribution in [0.4, 0.5) is 0 Å². The van der Waals surface area contributed by atoms with E-state index in [0.717, 1.165) is 37.4 Å². The van der Waals surface area contributed by atoms with Gasteiger partial charge >= 0.3 is 0 Å². The molecule has 1 amide bonds. The molecule has 0 aromatic carbocycles. The van der Waals surface area contributed by atoms with Crippen LogP contribution in [0.1, 0.15) is 45.4 Å². The van der Waals surface area contributed by atoms with Gasteiger partial charge in [-0.2, -0.15) is 11.8 Å². The Kier molecular flexibility index (Phi) is 6.43. The average Bonchev–Trinajstić information content (AvgIpc) is 2.37. The largest absolute Gasteiger partial charge is 0.391 e. The lowest BCUT2D eigenvalue weighted by atomic mass is 9.75. The van der Waals surface area contributed by atoms with Crippen molar-refractivity contribution in [3.8, 4) is 0 Å². The van der Waals surface area contributed by atoms with Crippen molar-refractivity contribution in [1.29, 1.82) is 0 Å².